The average molecular weight is 236 g/mol. The normalized spacial score (nSPS) is 16.4. The van der Waals surface area contributed by atoms with Crippen molar-refractivity contribution in [2.45, 2.75) is 25.9 Å². The SMILES string of the molecule is CC(O)C(C)c1sncc1Br. The van der Waals surface area contributed by atoms with Crippen LogP contribution in [0.15, 0.2) is 10.7 Å². The van der Waals surface area contributed by atoms with E-state index in [1.54, 1.807) is 13.1 Å². The van der Waals surface area contributed by atoms with E-state index >= 15 is 0 Å². The van der Waals surface area contributed by atoms with Gasteiger partial charge in [-0.3, -0.25) is 0 Å². The van der Waals surface area contributed by atoms with E-state index in [0.717, 1.165) is 9.35 Å². The van der Waals surface area contributed by atoms with Crippen molar-refractivity contribution < 1.29 is 5.11 Å². The molecule has 0 amide bonds. The van der Waals surface area contributed by atoms with Crippen molar-refractivity contribution in [3.05, 3.63) is 15.5 Å². The van der Waals surface area contributed by atoms with Gasteiger partial charge in [0.1, 0.15) is 0 Å². The van der Waals surface area contributed by atoms with E-state index < -0.39 is 0 Å². The smallest absolute Gasteiger partial charge is 0.0586 e. The Morgan fingerprint density at radius 1 is 1.64 bits per heavy atom. The maximum absolute atomic E-state index is 9.28. The second kappa shape index (κ2) is 3.65. The molecule has 1 heterocycles. The molecule has 2 unspecified atom stereocenters. The highest BCUT2D eigenvalue weighted by Crippen LogP contribution is 2.29. The first-order valence-corrected chi connectivity index (χ1v) is 4.97. The van der Waals surface area contributed by atoms with Crippen molar-refractivity contribution in [3.8, 4) is 0 Å². The lowest BCUT2D eigenvalue weighted by Gasteiger charge is -2.11. The van der Waals surface area contributed by atoms with Gasteiger partial charge in [0.2, 0.25) is 0 Å². The van der Waals surface area contributed by atoms with Gasteiger partial charge in [-0.05, 0) is 34.4 Å². The summed E-state index contributed by atoms with van der Waals surface area (Å²) in [5.74, 6) is 0.164. The molecule has 1 aromatic rings. The summed E-state index contributed by atoms with van der Waals surface area (Å²) in [7, 11) is 0. The van der Waals surface area contributed by atoms with Gasteiger partial charge < -0.3 is 5.11 Å². The summed E-state index contributed by atoms with van der Waals surface area (Å²) < 4.78 is 5.01. The zero-order chi connectivity index (χ0) is 8.43. The molecule has 2 nitrogen and oxygen atoms in total. The number of rotatable bonds is 2. The lowest BCUT2D eigenvalue weighted by atomic mass is 10.1. The predicted octanol–water partition coefficient (Wildman–Crippen LogP) is 2.39. The van der Waals surface area contributed by atoms with Gasteiger partial charge in [0, 0.05) is 10.8 Å². The van der Waals surface area contributed by atoms with Crippen molar-refractivity contribution in [3.63, 3.8) is 0 Å². The van der Waals surface area contributed by atoms with Crippen LogP contribution in [0.2, 0.25) is 0 Å². The van der Waals surface area contributed by atoms with Crippen molar-refractivity contribution in [2.24, 2.45) is 0 Å². The highest BCUT2D eigenvalue weighted by Gasteiger charge is 2.16. The number of hydrogen-bond donors (Lipinski definition) is 1. The summed E-state index contributed by atoms with van der Waals surface area (Å²) in [6.07, 6.45) is 1.45. The predicted molar refractivity (Wildman–Crippen MR) is 49.9 cm³/mol. The van der Waals surface area contributed by atoms with Crippen molar-refractivity contribution in [1.29, 1.82) is 0 Å². The zero-order valence-electron chi connectivity index (χ0n) is 6.41. The van der Waals surface area contributed by atoms with E-state index in [-0.39, 0.29) is 12.0 Å². The standard InChI is InChI=1S/C7H10BrNOS/c1-4(5(2)10)7-6(8)3-9-11-7/h3-5,10H,1-2H3. The molecule has 0 aliphatic rings. The third kappa shape index (κ3) is 2.01. The fraction of sp³-hybridized carbons (Fsp3) is 0.571. The Labute approximate surface area is 78.6 Å². The van der Waals surface area contributed by atoms with Gasteiger partial charge in [-0.2, -0.15) is 4.37 Å². The number of halogens is 1. The molecule has 1 N–H and O–H groups in total. The summed E-state index contributed by atoms with van der Waals surface area (Å²) in [6, 6.07) is 0. The van der Waals surface area contributed by atoms with Gasteiger partial charge in [-0.15, -0.1) is 0 Å². The van der Waals surface area contributed by atoms with E-state index in [0.29, 0.717) is 0 Å². The van der Waals surface area contributed by atoms with Crippen LogP contribution in [0.1, 0.15) is 24.6 Å². The molecule has 11 heavy (non-hydrogen) atoms. The maximum atomic E-state index is 9.28. The summed E-state index contributed by atoms with van der Waals surface area (Å²) in [6.45, 7) is 3.78. The minimum absolute atomic E-state index is 0.164. The number of nitrogens with zero attached hydrogens (tertiary/aromatic N) is 1. The molecule has 1 aromatic heterocycles. The number of aromatic nitrogens is 1. The Balaban J connectivity index is 2.84. The topological polar surface area (TPSA) is 33.1 Å². The lowest BCUT2D eigenvalue weighted by molar-refractivity contribution is 0.170. The van der Waals surface area contributed by atoms with Crippen LogP contribution in [0.4, 0.5) is 0 Å². The molecular weight excluding hydrogens is 226 g/mol. The Morgan fingerprint density at radius 3 is 2.64 bits per heavy atom. The van der Waals surface area contributed by atoms with Gasteiger partial charge in [-0.1, -0.05) is 6.92 Å². The monoisotopic (exact) mass is 235 g/mol. The highest BCUT2D eigenvalue weighted by atomic mass is 79.9. The van der Waals surface area contributed by atoms with Gasteiger partial charge in [0.15, 0.2) is 0 Å². The van der Waals surface area contributed by atoms with Gasteiger partial charge in [-0.25, -0.2) is 0 Å². The fourth-order valence-electron chi connectivity index (χ4n) is 0.756. The minimum Gasteiger partial charge on any atom is -0.393 e. The van der Waals surface area contributed by atoms with Gasteiger partial charge >= 0.3 is 0 Å². The molecule has 0 aliphatic carbocycles. The Hall–Kier alpha value is 0.0700. The molecule has 0 saturated carbocycles. The third-order valence-corrected chi connectivity index (χ3v) is 3.58. The van der Waals surface area contributed by atoms with Crippen LogP contribution in [-0.4, -0.2) is 15.6 Å². The molecule has 62 valence electrons. The van der Waals surface area contributed by atoms with Crippen molar-refractivity contribution >= 4 is 27.5 Å². The van der Waals surface area contributed by atoms with Crippen molar-refractivity contribution in [1.82, 2.24) is 4.37 Å². The Morgan fingerprint density at radius 2 is 2.27 bits per heavy atom. The van der Waals surface area contributed by atoms with Crippen LogP contribution >= 0.6 is 27.5 Å². The van der Waals surface area contributed by atoms with Crippen molar-refractivity contribution in [2.75, 3.05) is 0 Å². The second-order valence-corrected chi connectivity index (χ2v) is 4.25. The number of hydrogen-bond acceptors (Lipinski definition) is 3. The summed E-state index contributed by atoms with van der Waals surface area (Å²) >= 11 is 4.80. The largest absolute Gasteiger partial charge is 0.393 e. The van der Waals surface area contributed by atoms with E-state index in [9.17, 15) is 5.11 Å². The summed E-state index contributed by atoms with van der Waals surface area (Å²) in [5, 5.41) is 9.28. The second-order valence-electron chi connectivity index (χ2n) is 2.57. The average Bonchev–Trinajstić information content (AvgIpc) is 2.33. The lowest BCUT2D eigenvalue weighted by Crippen LogP contribution is -2.09. The van der Waals surface area contributed by atoms with E-state index in [1.165, 1.54) is 11.5 Å². The minimum atomic E-state index is -0.313. The molecule has 1 rings (SSSR count). The quantitative estimate of drug-likeness (QED) is 0.855. The first-order chi connectivity index (χ1) is 5.13. The van der Waals surface area contributed by atoms with E-state index in [2.05, 4.69) is 20.3 Å². The molecule has 0 bridgehead atoms. The van der Waals surface area contributed by atoms with Crippen LogP contribution in [0, 0.1) is 0 Å². The number of aliphatic hydroxyl groups is 1. The molecule has 0 fully saturated rings. The van der Waals surface area contributed by atoms with Crippen LogP contribution in [0.3, 0.4) is 0 Å². The Kier molecular flexibility index (Phi) is 3.04. The molecule has 0 saturated heterocycles. The van der Waals surface area contributed by atoms with Crippen LogP contribution < -0.4 is 0 Å². The number of aliphatic hydroxyl groups excluding tert-OH is 1. The van der Waals surface area contributed by atoms with Crippen LogP contribution in [-0.2, 0) is 0 Å². The fourth-order valence-corrected chi connectivity index (χ4v) is 2.35. The third-order valence-electron chi connectivity index (χ3n) is 1.69. The first kappa shape index (κ1) is 9.16. The molecule has 0 aromatic carbocycles. The van der Waals surface area contributed by atoms with Gasteiger partial charge in [0.05, 0.1) is 16.8 Å². The van der Waals surface area contributed by atoms with Crippen LogP contribution in [0.25, 0.3) is 0 Å². The van der Waals surface area contributed by atoms with Crippen LogP contribution in [0.5, 0.6) is 0 Å². The molecule has 4 heteroatoms. The highest BCUT2D eigenvalue weighted by molar-refractivity contribution is 9.10. The molecule has 2 atom stereocenters. The van der Waals surface area contributed by atoms with E-state index in [4.69, 9.17) is 0 Å². The first-order valence-electron chi connectivity index (χ1n) is 3.41. The summed E-state index contributed by atoms with van der Waals surface area (Å²) in [5.41, 5.74) is 0. The molecule has 0 aliphatic heterocycles. The molecule has 0 radical (unpaired) electrons. The maximum Gasteiger partial charge on any atom is 0.0586 e. The molecule has 0 spiro atoms. The Bertz CT molecular complexity index is 236. The zero-order valence-corrected chi connectivity index (χ0v) is 8.82. The van der Waals surface area contributed by atoms with Gasteiger partial charge in [0.25, 0.3) is 0 Å². The molecular formula is C7H10BrNOS. The van der Waals surface area contributed by atoms with E-state index in [1.807, 2.05) is 6.92 Å². The summed E-state index contributed by atoms with van der Waals surface area (Å²) in [4.78, 5) is 1.11.